The minimum absolute atomic E-state index is 0.0131. The predicted molar refractivity (Wildman–Crippen MR) is 89.8 cm³/mol. The number of benzene rings is 1. The molecule has 3 unspecified atom stereocenters. The van der Waals surface area contributed by atoms with Crippen LogP contribution in [0.15, 0.2) is 24.3 Å². The molecule has 2 rings (SSSR count). The maximum Gasteiger partial charge on any atom is 0.344 e. The summed E-state index contributed by atoms with van der Waals surface area (Å²) in [5.41, 5.74) is -0.0131. The van der Waals surface area contributed by atoms with E-state index in [9.17, 15) is 14.9 Å². The minimum atomic E-state index is -0.478. The van der Waals surface area contributed by atoms with Crippen molar-refractivity contribution in [2.75, 3.05) is 6.61 Å². The first-order valence-electron chi connectivity index (χ1n) is 8.43. The second kappa shape index (κ2) is 8.13. The van der Waals surface area contributed by atoms with Gasteiger partial charge >= 0.3 is 5.97 Å². The molecule has 0 aliphatic heterocycles. The quantitative estimate of drug-likeness (QED) is 0.446. The first kappa shape index (κ1) is 18.2. The van der Waals surface area contributed by atoms with Gasteiger partial charge in [-0.3, -0.25) is 10.1 Å². The Labute approximate surface area is 142 Å². The van der Waals surface area contributed by atoms with Gasteiger partial charge in [0, 0.05) is 12.1 Å². The Morgan fingerprint density at radius 2 is 1.96 bits per heavy atom. The van der Waals surface area contributed by atoms with Crippen LogP contribution in [0.4, 0.5) is 5.69 Å². The lowest BCUT2D eigenvalue weighted by atomic mass is 9.75. The van der Waals surface area contributed by atoms with Gasteiger partial charge in [-0.1, -0.05) is 27.2 Å². The van der Waals surface area contributed by atoms with Gasteiger partial charge in [0.15, 0.2) is 6.61 Å². The van der Waals surface area contributed by atoms with Crippen molar-refractivity contribution in [1.29, 1.82) is 0 Å². The number of nitro benzene ring substituents is 1. The second-order valence-electron chi connectivity index (χ2n) is 6.89. The number of ether oxygens (including phenoxy) is 2. The summed E-state index contributed by atoms with van der Waals surface area (Å²) < 4.78 is 11.0. The summed E-state index contributed by atoms with van der Waals surface area (Å²) in [6.07, 6.45) is 3.10. The molecule has 0 aromatic heterocycles. The third kappa shape index (κ3) is 4.94. The van der Waals surface area contributed by atoms with Gasteiger partial charge in [-0.2, -0.15) is 0 Å². The van der Waals surface area contributed by atoms with E-state index in [1.165, 1.54) is 30.7 Å². The highest BCUT2D eigenvalue weighted by atomic mass is 16.6. The Morgan fingerprint density at radius 1 is 1.29 bits per heavy atom. The minimum Gasteiger partial charge on any atom is -0.482 e. The zero-order valence-electron chi connectivity index (χ0n) is 14.4. The van der Waals surface area contributed by atoms with Gasteiger partial charge in [0.05, 0.1) is 4.92 Å². The average Bonchev–Trinajstić information content (AvgIpc) is 2.53. The third-order valence-electron chi connectivity index (χ3n) is 4.65. The van der Waals surface area contributed by atoms with Crippen LogP contribution < -0.4 is 4.74 Å². The first-order valence-corrected chi connectivity index (χ1v) is 8.43. The molecule has 3 atom stereocenters. The zero-order valence-corrected chi connectivity index (χ0v) is 14.4. The molecule has 0 saturated heterocycles. The van der Waals surface area contributed by atoms with E-state index in [0.29, 0.717) is 23.5 Å². The highest BCUT2D eigenvalue weighted by molar-refractivity contribution is 5.71. The van der Waals surface area contributed by atoms with Crippen molar-refractivity contribution in [2.45, 2.75) is 46.1 Å². The molecule has 0 amide bonds. The van der Waals surface area contributed by atoms with E-state index in [1.807, 2.05) is 0 Å². The van der Waals surface area contributed by atoms with Crippen molar-refractivity contribution >= 4 is 11.7 Å². The first-order chi connectivity index (χ1) is 11.4. The molecular weight excluding hydrogens is 310 g/mol. The van der Waals surface area contributed by atoms with Gasteiger partial charge in [-0.15, -0.1) is 0 Å². The number of esters is 1. The van der Waals surface area contributed by atoms with Crippen LogP contribution in [0.5, 0.6) is 5.75 Å². The van der Waals surface area contributed by atoms with Crippen LogP contribution in [0.2, 0.25) is 0 Å². The molecule has 132 valence electrons. The maximum atomic E-state index is 12.1. The SMILES string of the molecule is CC1CCC(C(C)C)C(OC(=O)COc2ccc([N+](=O)[O-])cc2)C1. The molecule has 0 bridgehead atoms. The van der Waals surface area contributed by atoms with Gasteiger partial charge in [0.25, 0.3) is 5.69 Å². The Hall–Kier alpha value is -2.11. The molecule has 1 aliphatic carbocycles. The number of carbonyl (C=O) groups is 1. The predicted octanol–water partition coefficient (Wildman–Crippen LogP) is 3.98. The molecule has 0 radical (unpaired) electrons. The number of hydrogen-bond acceptors (Lipinski definition) is 5. The number of hydrogen-bond donors (Lipinski definition) is 0. The van der Waals surface area contributed by atoms with E-state index >= 15 is 0 Å². The molecule has 6 nitrogen and oxygen atoms in total. The summed E-state index contributed by atoms with van der Waals surface area (Å²) in [6, 6.07) is 5.65. The van der Waals surface area contributed by atoms with Crippen LogP contribution in [-0.4, -0.2) is 23.6 Å². The largest absolute Gasteiger partial charge is 0.482 e. The van der Waals surface area contributed by atoms with Gasteiger partial charge < -0.3 is 9.47 Å². The highest BCUT2D eigenvalue weighted by Crippen LogP contribution is 2.35. The number of non-ortho nitro benzene ring substituents is 1. The van der Waals surface area contributed by atoms with Crippen molar-refractivity contribution in [3.63, 3.8) is 0 Å². The molecule has 6 heteroatoms. The standard InChI is InChI=1S/C18H25NO5/c1-12(2)16-9-4-13(3)10-17(16)24-18(20)11-23-15-7-5-14(6-8-15)19(21)22/h5-8,12-13,16-17H,4,9-11H2,1-3H3. The van der Waals surface area contributed by atoms with Crippen molar-refractivity contribution in [1.82, 2.24) is 0 Å². The number of nitrogens with zero attached hydrogens (tertiary/aromatic N) is 1. The van der Waals surface area contributed by atoms with Crippen LogP contribution in [0.3, 0.4) is 0 Å². The fraction of sp³-hybridized carbons (Fsp3) is 0.611. The Balaban J connectivity index is 1.86. The molecule has 1 fully saturated rings. The molecule has 1 saturated carbocycles. The zero-order chi connectivity index (χ0) is 17.7. The van der Waals surface area contributed by atoms with Gasteiger partial charge in [0.2, 0.25) is 0 Å². The van der Waals surface area contributed by atoms with E-state index < -0.39 is 10.9 Å². The molecule has 1 aromatic rings. The molecule has 1 aliphatic rings. The maximum absolute atomic E-state index is 12.1. The number of carbonyl (C=O) groups excluding carboxylic acids is 1. The molecule has 1 aromatic carbocycles. The Morgan fingerprint density at radius 3 is 2.54 bits per heavy atom. The second-order valence-corrected chi connectivity index (χ2v) is 6.89. The lowest BCUT2D eigenvalue weighted by molar-refractivity contribution is -0.384. The number of rotatable bonds is 6. The fourth-order valence-electron chi connectivity index (χ4n) is 3.26. The summed E-state index contributed by atoms with van der Waals surface area (Å²) in [7, 11) is 0. The highest BCUT2D eigenvalue weighted by Gasteiger charge is 2.33. The Bertz CT molecular complexity index is 569. The molecular formula is C18H25NO5. The van der Waals surface area contributed by atoms with E-state index in [0.717, 1.165) is 12.8 Å². The van der Waals surface area contributed by atoms with Crippen LogP contribution in [0.25, 0.3) is 0 Å². The van der Waals surface area contributed by atoms with Gasteiger partial charge in [0.1, 0.15) is 11.9 Å². The number of nitro groups is 1. The lowest BCUT2D eigenvalue weighted by Gasteiger charge is -2.36. The van der Waals surface area contributed by atoms with Crippen molar-refractivity contribution in [2.24, 2.45) is 17.8 Å². The van der Waals surface area contributed by atoms with Crippen molar-refractivity contribution < 1.29 is 19.2 Å². The molecule has 24 heavy (non-hydrogen) atoms. The lowest BCUT2D eigenvalue weighted by Crippen LogP contribution is -2.36. The third-order valence-corrected chi connectivity index (χ3v) is 4.65. The van der Waals surface area contributed by atoms with E-state index in [-0.39, 0.29) is 18.4 Å². The average molecular weight is 335 g/mol. The molecule has 0 heterocycles. The van der Waals surface area contributed by atoms with E-state index in [4.69, 9.17) is 9.47 Å². The molecule has 0 N–H and O–H groups in total. The normalized spacial score (nSPS) is 23.8. The van der Waals surface area contributed by atoms with Crippen LogP contribution >= 0.6 is 0 Å². The topological polar surface area (TPSA) is 78.7 Å². The smallest absolute Gasteiger partial charge is 0.344 e. The molecule has 0 spiro atoms. The summed E-state index contributed by atoms with van der Waals surface area (Å²) in [5.74, 6) is 1.46. The van der Waals surface area contributed by atoms with E-state index in [2.05, 4.69) is 20.8 Å². The fourth-order valence-corrected chi connectivity index (χ4v) is 3.26. The van der Waals surface area contributed by atoms with Crippen LogP contribution in [-0.2, 0) is 9.53 Å². The van der Waals surface area contributed by atoms with Gasteiger partial charge in [-0.25, -0.2) is 4.79 Å². The monoisotopic (exact) mass is 335 g/mol. The summed E-state index contributed by atoms with van der Waals surface area (Å²) in [5, 5.41) is 10.6. The van der Waals surface area contributed by atoms with Gasteiger partial charge in [-0.05, 0) is 42.7 Å². The summed E-state index contributed by atoms with van der Waals surface area (Å²) in [6.45, 7) is 6.32. The summed E-state index contributed by atoms with van der Waals surface area (Å²) in [4.78, 5) is 22.2. The van der Waals surface area contributed by atoms with Crippen molar-refractivity contribution in [3.8, 4) is 5.75 Å². The summed E-state index contributed by atoms with van der Waals surface area (Å²) >= 11 is 0. The van der Waals surface area contributed by atoms with E-state index in [1.54, 1.807) is 0 Å². The Kier molecular flexibility index (Phi) is 6.17. The van der Waals surface area contributed by atoms with Crippen LogP contribution in [0, 0.1) is 27.9 Å². The van der Waals surface area contributed by atoms with Crippen molar-refractivity contribution in [3.05, 3.63) is 34.4 Å². The van der Waals surface area contributed by atoms with Crippen LogP contribution in [0.1, 0.15) is 40.0 Å².